The maximum absolute atomic E-state index is 11.2. The molecule has 0 radical (unpaired) electrons. The lowest BCUT2D eigenvalue weighted by molar-refractivity contribution is -0.114. The smallest absolute Gasteiger partial charge is 0.252 e. The maximum Gasteiger partial charge on any atom is 0.252 e. The molecule has 2 aromatic carbocycles. The van der Waals surface area contributed by atoms with Crippen LogP contribution in [0.25, 0.3) is 0 Å². The van der Waals surface area contributed by atoms with Crippen LogP contribution in [0.2, 0.25) is 0 Å². The lowest BCUT2D eigenvalue weighted by Gasteiger charge is -2.22. The molecule has 1 aliphatic rings. The number of carbonyl (C=O) groups is 2. The van der Waals surface area contributed by atoms with Crippen LogP contribution in [0.5, 0.6) is 0 Å². The summed E-state index contributed by atoms with van der Waals surface area (Å²) in [5, 5.41) is -0.566. The van der Waals surface area contributed by atoms with E-state index in [-0.39, 0.29) is 0 Å². The van der Waals surface area contributed by atoms with Crippen LogP contribution in [0.15, 0.2) is 53.5 Å². The number of hydrogen-bond donors (Lipinski definition) is 0. The fourth-order valence-electron chi connectivity index (χ4n) is 2.14. The second kappa shape index (κ2) is 5.50. The van der Waals surface area contributed by atoms with E-state index in [9.17, 15) is 9.59 Å². The molecule has 0 spiro atoms. The van der Waals surface area contributed by atoms with E-state index in [1.54, 1.807) is 18.2 Å². The summed E-state index contributed by atoms with van der Waals surface area (Å²) in [7, 11) is 0. The molecule has 0 aliphatic carbocycles. The number of hydrogen-bond acceptors (Lipinski definition) is 4. The average molecular weight is 300 g/mol. The van der Waals surface area contributed by atoms with Crippen molar-refractivity contribution < 1.29 is 14.3 Å². The third-order valence-electron chi connectivity index (χ3n) is 3.17. The Bertz CT molecular complexity index is 740. The van der Waals surface area contributed by atoms with Crippen molar-refractivity contribution in [3.8, 4) is 0 Å². The van der Waals surface area contributed by atoms with Gasteiger partial charge in [-0.15, -0.1) is 0 Å². The molecule has 5 heteroatoms. The number of carbonyl (C=O) groups excluding carboxylic acids is 2. The van der Waals surface area contributed by atoms with Crippen molar-refractivity contribution in [1.82, 2.24) is 0 Å². The van der Waals surface area contributed by atoms with E-state index in [1.807, 2.05) is 30.3 Å². The number of rotatable bonds is 3. The summed E-state index contributed by atoms with van der Waals surface area (Å²) in [5.74, 6) is 0.347. The van der Waals surface area contributed by atoms with Crippen molar-refractivity contribution in [1.29, 1.82) is 0 Å². The zero-order valence-corrected chi connectivity index (χ0v) is 11.6. The van der Waals surface area contributed by atoms with Gasteiger partial charge in [0.2, 0.25) is 5.90 Å². The summed E-state index contributed by atoms with van der Waals surface area (Å²) in [6.07, 6.45) is -0.0364. The Morgan fingerprint density at radius 2 is 1.95 bits per heavy atom. The van der Waals surface area contributed by atoms with Gasteiger partial charge in [-0.1, -0.05) is 24.3 Å². The molecular weight excluding hydrogens is 290 g/mol. The van der Waals surface area contributed by atoms with Gasteiger partial charge in [-0.25, -0.2) is 4.99 Å². The van der Waals surface area contributed by atoms with Crippen molar-refractivity contribution in [2.24, 2.45) is 4.99 Å². The largest absolute Gasteiger partial charge is 0.461 e. The number of benzene rings is 2. The standard InChI is InChI=1S/C16H10ClNO3/c17-15(20)11-6-7-12-13(8-11)18-16(21-14(12)9-19)10-4-2-1-3-5-10/h1-9,14H. The molecular formula is C16H10ClNO3. The van der Waals surface area contributed by atoms with Gasteiger partial charge in [-0.05, 0) is 35.9 Å². The minimum Gasteiger partial charge on any atom is -0.461 e. The van der Waals surface area contributed by atoms with Crippen LogP contribution in [0, 0.1) is 0 Å². The van der Waals surface area contributed by atoms with Crippen LogP contribution in [0.4, 0.5) is 5.69 Å². The highest BCUT2D eigenvalue weighted by molar-refractivity contribution is 6.67. The van der Waals surface area contributed by atoms with E-state index >= 15 is 0 Å². The first kappa shape index (κ1) is 13.5. The van der Waals surface area contributed by atoms with Gasteiger partial charge >= 0.3 is 0 Å². The molecule has 0 aromatic heterocycles. The van der Waals surface area contributed by atoms with Gasteiger partial charge in [0.25, 0.3) is 5.24 Å². The fraction of sp³-hybridized carbons (Fsp3) is 0.0625. The first-order chi connectivity index (χ1) is 10.2. The van der Waals surface area contributed by atoms with E-state index in [2.05, 4.69) is 4.99 Å². The Morgan fingerprint density at radius 1 is 1.19 bits per heavy atom. The lowest BCUT2D eigenvalue weighted by Crippen LogP contribution is -2.18. The first-order valence-electron chi connectivity index (χ1n) is 6.29. The highest BCUT2D eigenvalue weighted by Gasteiger charge is 2.25. The number of halogens is 1. The molecule has 21 heavy (non-hydrogen) atoms. The summed E-state index contributed by atoms with van der Waals surface area (Å²) in [4.78, 5) is 26.9. The van der Waals surface area contributed by atoms with Crippen LogP contribution < -0.4 is 0 Å². The quantitative estimate of drug-likeness (QED) is 0.644. The fourth-order valence-corrected chi connectivity index (χ4v) is 2.25. The maximum atomic E-state index is 11.2. The minimum absolute atomic E-state index is 0.332. The van der Waals surface area contributed by atoms with Gasteiger partial charge in [-0.3, -0.25) is 9.59 Å². The topological polar surface area (TPSA) is 55.7 Å². The van der Waals surface area contributed by atoms with Crippen molar-refractivity contribution in [3.05, 3.63) is 65.2 Å². The lowest BCUT2D eigenvalue weighted by atomic mass is 10.0. The van der Waals surface area contributed by atoms with E-state index in [1.165, 1.54) is 0 Å². The van der Waals surface area contributed by atoms with Gasteiger partial charge < -0.3 is 4.74 Å². The second-order valence-electron chi connectivity index (χ2n) is 4.50. The number of nitrogens with zero attached hydrogens (tertiary/aromatic N) is 1. The normalized spacial score (nSPS) is 16.4. The zero-order chi connectivity index (χ0) is 14.8. The minimum atomic E-state index is -0.743. The third kappa shape index (κ3) is 2.58. The van der Waals surface area contributed by atoms with Gasteiger partial charge in [0, 0.05) is 16.7 Å². The van der Waals surface area contributed by atoms with Crippen molar-refractivity contribution in [2.75, 3.05) is 0 Å². The van der Waals surface area contributed by atoms with Crippen molar-refractivity contribution >= 4 is 34.7 Å². The Balaban J connectivity index is 2.12. The summed E-state index contributed by atoms with van der Waals surface area (Å²) in [5.41, 5.74) is 2.23. The molecule has 3 rings (SSSR count). The molecule has 0 saturated heterocycles. The second-order valence-corrected chi connectivity index (χ2v) is 4.85. The molecule has 0 saturated carbocycles. The van der Waals surface area contributed by atoms with E-state index in [0.717, 1.165) is 5.56 Å². The zero-order valence-electron chi connectivity index (χ0n) is 10.8. The van der Waals surface area contributed by atoms with Crippen LogP contribution >= 0.6 is 11.6 Å². The van der Waals surface area contributed by atoms with E-state index in [4.69, 9.17) is 16.3 Å². The number of fused-ring (bicyclic) bond motifs is 1. The molecule has 1 aliphatic heterocycles. The molecule has 0 fully saturated rings. The molecule has 104 valence electrons. The summed E-state index contributed by atoms with van der Waals surface area (Å²) >= 11 is 5.48. The molecule has 1 unspecified atom stereocenters. The summed E-state index contributed by atoms with van der Waals surface area (Å²) < 4.78 is 5.61. The third-order valence-corrected chi connectivity index (χ3v) is 3.39. The van der Waals surface area contributed by atoms with Crippen molar-refractivity contribution in [2.45, 2.75) is 6.10 Å². The molecule has 2 aromatic rings. The van der Waals surface area contributed by atoms with Gasteiger partial charge in [-0.2, -0.15) is 0 Å². The van der Waals surface area contributed by atoms with Gasteiger partial charge in [0.15, 0.2) is 12.4 Å². The Morgan fingerprint density at radius 3 is 2.62 bits per heavy atom. The molecule has 0 bridgehead atoms. The predicted molar refractivity (Wildman–Crippen MR) is 79.2 cm³/mol. The van der Waals surface area contributed by atoms with Crippen molar-refractivity contribution in [3.63, 3.8) is 0 Å². The highest BCUT2D eigenvalue weighted by Crippen LogP contribution is 2.34. The monoisotopic (exact) mass is 299 g/mol. The number of aldehydes is 1. The Labute approximate surface area is 126 Å². The predicted octanol–water partition coefficient (Wildman–Crippen LogP) is 3.41. The summed E-state index contributed by atoms with van der Waals surface area (Å²) in [6, 6.07) is 14.0. The van der Waals surface area contributed by atoms with Crippen LogP contribution in [0.3, 0.4) is 0 Å². The van der Waals surface area contributed by atoms with Gasteiger partial charge in [0.1, 0.15) is 0 Å². The highest BCUT2D eigenvalue weighted by atomic mass is 35.5. The summed E-state index contributed by atoms with van der Waals surface area (Å²) in [6.45, 7) is 0. The van der Waals surface area contributed by atoms with E-state index < -0.39 is 11.3 Å². The van der Waals surface area contributed by atoms with Crippen LogP contribution in [-0.2, 0) is 9.53 Å². The number of aliphatic imine (C=N–C) groups is 1. The first-order valence-corrected chi connectivity index (χ1v) is 6.66. The Hall–Kier alpha value is -2.46. The molecule has 1 atom stereocenters. The van der Waals surface area contributed by atoms with Gasteiger partial charge in [0.05, 0.1) is 5.69 Å². The van der Waals surface area contributed by atoms with Crippen LogP contribution in [-0.4, -0.2) is 17.4 Å². The SMILES string of the molecule is O=CC1OC(c2ccccc2)=Nc2cc(C(=O)Cl)ccc21. The Kier molecular flexibility index (Phi) is 3.54. The molecule has 1 heterocycles. The molecule has 0 N–H and O–H groups in total. The molecule has 4 nitrogen and oxygen atoms in total. The number of ether oxygens (including phenoxy) is 1. The average Bonchev–Trinajstić information content (AvgIpc) is 2.54. The molecule has 0 amide bonds. The van der Waals surface area contributed by atoms with E-state index in [0.29, 0.717) is 29.0 Å². The van der Waals surface area contributed by atoms with Crippen LogP contribution in [0.1, 0.15) is 27.6 Å².